The normalized spacial score (nSPS) is 22.6. The monoisotopic (exact) mass is 240 g/mol. The molecule has 4 heteroatoms. The number of unbranched alkanes of at least 4 members (excludes halogenated alkanes) is 3. The van der Waals surface area contributed by atoms with Gasteiger partial charge in [-0.25, -0.2) is 0 Å². The second-order valence-corrected chi connectivity index (χ2v) is 4.19. The van der Waals surface area contributed by atoms with Crippen LogP contribution in [0, 0.1) is 0 Å². The molecule has 0 aromatic heterocycles. The number of methoxy groups -OCH3 is 1. The Morgan fingerprint density at radius 2 is 2.06 bits per heavy atom. The maximum absolute atomic E-state index is 10.8. The lowest BCUT2D eigenvalue weighted by Crippen LogP contribution is -1.99. The Hall–Kier alpha value is -1.16. The van der Waals surface area contributed by atoms with Crippen molar-refractivity contribution in [1.29, 1.82) is 0 Å². The van der Waals surface area contributed by atoms with Crippen molar-refractivity contribution < 1.29 is 19.1 Å². The van der Waals surface area contributed by atoms with E-state index in [0.29, 0.717) is 12.5 Å². The van der Waals surface area contributed by atoms with E-state index >= 15 is 0 Å². The van der Waals surface area contributed by atoms with E-state index in [1.165, 1.54) is 13.2 Å². The zero-order valence-electron chi connectivity index (χ0n) is 10.3. The van der Waals surface area contributed by atoms with Crippen LogP contribution < -0.4 is 0 Å². The average Bonchev–Trinajstić information content (AvgIpc) is 3.09. The lowest BCUT2D eigenvalue weighted by atomic mass is 10.1. The highest BCUT2D eigenvalue weighted by Crippen LogP contribution is 2.28. The van der Waals surface area contributed by atoms with Gasteiger partial charge in [-0.2, -0.15) is 0 Å². The topological polar surface area (TPSA) is 55.9 Å². The molecule has 2 atom stereocenters. The fourth-order valence-electron chi connectivity index (χ4n) is 1.78. The van der Waals surface area contributed by atoms with Gasteiger partial charge >= 0.3 is 5.97 Å². The van der Waals surface area contributed by atoms with E-state index in [4.69, 9.17) is 4.74 Å². The maximum atomic E-state index is 10.8. The van der Waals surface area contributed by atoms with Crippen LogP contribution in [0.5, 0.6) is 0 Å². The summed E-state index contributed by atoms with van der Waals surface area (Å²) in [5, 5.41) is 0. The molecule has 1 heterocycles. The van der Waals surface area contributed by atoms with Gasteiger partial charge in [0.05, 0.1) is 13.2 Å². The number of hydrogen-bond donors (Lipinski definition) is 0. The maximum Gasteiger partial charge on any atom is 0.305 e. The Morgan fingerprint density at radius 1 is 1.29 bits per heavy atom. The summed E-state index contributed by atoms with van der Waals surface area (Å²) in [6.45, 7) is 0. The Balaban J connectivity index is 1.87. The molecule has 1 saturated heterocycles. The average molecular weight is 240 g/mol. The van der Waals surface area contributed by atoms with Crippen molar-refractivity contribution in [2.75, 3.05) is 7.11 Å². The van der Waals surface area contributed by atoms with Crippen LogP contribution in [0.3, 0.4) is 0 Å². The first-order valence-corrected chi connectivity index (χ1v) is 6.12. The number of ether oxygens (including phenoxy) is 2. The number of epoxide rings is 1. The fraction of sp³-hybridized carbons (Fsp3) is 0.692. The molecular weight excluding hydrogens is 220 g/mol. The van der Waals surface area contributed by atoms with Crippen LogP contribution in [0.25, 0.3) is 0 Å². The summed E-state index contributed by atoms with van der Waals surface area (Å²) >= 11 is 0. The number of aldehydes is 1. The number of hydrogen-bond acceptors (Lipinski definition) is 4. The van der Waals surface area contributed by atoms with Crippen LogP contribution in [0.15, 0.2) is 12.2 Å². The quantitative estimate of drug-likeness (QED) is 0.203. The molecule has 0 saturated carbocycles. The van der Waals surface area contributed by atoms with Crippen molar-refractivity contribution in [3.05, 3.63) is 12.2 Å². The number of carbonyl (C=O) groups is 2. The summed E-state index contributed by atoms with van der Waals surface area (Å²) in [5.74, 6) is -0.130. The van der Waals surface area contributed by atoms with Crippen LogP contribution >= 0.6 is 0 Å². The minimum Gasteiger partial charge on any atom is -0.469 e. The molecule has 1 fully saturated rings. The van der Waals surface area contributed by atoms with Gasteiger partial charge in [-0.3, -0.25) is 9.59 Å². The van der Waals surface area contributed by atoms with Gasteiger partial charge in [-0.1, -0.05) is 25.3 Å². The molecular formula is C13H20O4. The molecule has 0 unspecified atom stereocenters. The van der Waals surface area contributed by atoms with Crippen molar-refractivity contribution >= 4 is 12.3 Å². The summed E-state index contributed by atoms with van der Waals surface area (Å²) < 4.78 is 9.92. The molecule has 0 spiro atoms. The molecule has 0 N–H and O–H groups in total. The van der Waals surface area contributed by atoms with Crippen LogP contribution in [0.4, 0.5) is 0 Å². The summed E-state index contributed by atoms with van der Waals surface area (Å²) in [6.07, 6.45) is 10.2. The van der Waals surface area contributed by atoms with E-state index in [1.807, 2.05) is 0 Å². The van der Waals surface area contributed by atoms with Crippen molar-refractivity contribution in [1.82, 2.24) is 0 Å². The van der Waals surface area contributed by atoms with Crippen LogP contribution in [0.2, 0.25) is 0 Å². The van der Waals surface area contributed by atoms with Crippen molar-refractivity contribution in [3.8, 4) is 0 Å². The molecule has 0 aliphatic carbocycles. The summed E-state index contributed by atoms with van der Waals surface area (Å²) in [7, 11) is 1.42. The summed E-state index contributed by atoms with van der Waals surface area (Å²) in [4.78, 5) is 20.9. The molecule has 96 valence electrons. The lowest BCUT2D eigenvalue weighted by molar-refractivity contribution is -0.140. The van der Waals surface area contributed by atoms with Crippen LogP contribution in [-0.4, -0.2) is 31.6 Å². The zero-order valence-corrected chi connectivity index (χ0v) is 10.3. The van der Waals surface area contributed by atoms with Crippen LogP contribution in [0.1, 0.15) is 38.5 Å². The molecule has 0 amide bonds. The minimum atomic E-state index is -0.130. The van der Waals surface area contributed by atoms with E-state index < -0.39 is 0 Å². The predicted octanol–water partition coefficient (Wildman–Crippen LogP) is 2.02. The molecule has 1 aliphatic heterocycles. The third-order valence-corrected chi connectivity index (χ3v) is 2.85. The molecule has 1 rings (SSSR count). The standard InChI is InChI=1S/C13H20O4/c1-16-13(15)9-5-3-2-4-7-11-12(17-11)8-6-10-14/h6,8,10-12H,2-5,7,9H2,1H3/b8-6+/t11-,12-/m0/s1. The van der Waals surface area contributed by atoms with Gasteiger partial charge in [0.15, 0.2) is 0 Å². The van der Waals surface area contributed by atoms with Crippen molar-refractivity contribution in [3.63, 3.8) is 0 Å². The van der Waals surface area contributed by atoms with E-state index in [2.05, 4.69) is 4.74 Å². The smallest absolute Gasteiger partial charge is 0.305 e. The fourth-order valence-corrected chi connectivity index (χ4v) is 1.78. The largest absolute Gasteiger partial charge is 0.469 e. The van der Waals surface area contributed by atoms with E-state index in [0.717, 1.165) is 38.4 Å². The van der Waals surface area contributed by atoms with Gasteiger partial charge in [0.1, 0.15) is 12.4 Å². The molecule has 0 radical (unpaired) electrons. The number of carbonyl (C=O) groups excluding carboxylic acids is 2. The van der Waals surface area contributed by atoms with Gasteiger partial charge in [0.2, 0.25) is 0 Å². The first-order chi connectivity index (χ1) is 8.27. The molecule has 0 aromatic carbocycles. The van der Waals surface area contributed by atoms with Gasteiger partial charge in [-0.05, 0) is 18.9 Å². The predicted molar refractivity (Wildman–Crippen MR) is 63.6 cm³/mol. The summed E-state index contributed by atoms with van der Waals surface area (Å²) in [6, 6.07) is 0. The third kappa shape index (κ3) is 6.22. The zero-order chi connectivity index (χ0) is 12.5. The van der Waals surface area contributed by atoms with Gasteiger partial charge < -0.3 is 9.47 Å². The van der Waals surface area contributed by atoms with Crippen molar-refractivity contribution in [2.45, 2.75) is 50.7 Å². The molecule has 1 aliphatic rings. The van der Waals surface area contributed by atoms with Crippen molar-refractivity contribution in [2.24, 2.45) is 0 Å². The number of allylic oxidation sites excluding steroid dienone is 1. The Bertz CT molecular complexity index is 273. The molecule has 17 heavy (non-hydrogen) atoms. The third-order valence-electron chi connectivity index (χ3n) is 2.85. The Labute approximate surface area is 102 Å². The highest BCUT2D eigenvalue weighted by Gasteiger charge is 2.35. The second kappa shape index (κ2) is 8.01. The highest BCUT2D eigenvalue weighted by molar-refractivity contribution is 5.68. The number of rotatable bonds is 9. The SMILES string of the molecule is COC(=O)CCCCCC[C@@H]1O[C@H]1/C=C/C=O. The van der Waals surface area contributed by atoms with E-state index in [9.17, 15) is 9.59 Å². The van der Waals surface area contributed by atoms with Gasteiger partial charge in [0, 0.05) is 6.42 Å². The molecule has 0 aromatic rings. The Kier molecular flexibility index (Phi) is 6.55. The molecule has 4 nitrogen and oxygen atoms in total. The first-order valence-electron chi connectivity index (χ1n) is 6.12. The Morgan fingerprint density at radius 3 is 2.76 bits per heavy atom. The van der Waals surface area contributed by atoms with Gasteiger partial charge in [0.25, 0.3) is 0 Å². The first kappa shape index (κ1) is 13.9. The van der Waals surface area contributed by atoms with Crippen LogP contribution in [-0.2, 0) is 19.1 Å². The number of esters is 1. The minimum absolute atomic E-state index is 0.130. The van der Waals surface area contributed by atoms with E-state index in [1.54, 1.807) is 6.08 Å². The second-order valence-electron chi connectivity index (χ2n) is 4.19. The summed E-state index contributed by atoms with van der Waals surface area (Å²) in [5.41, 5.74) is 0. The van der Waals surface area contributed by atoms with E-state index in [-0.39, 0.29) is 12.1 Å². The lowest BCUT2D eigenvalue weighted by Gasteiger charge is -1.99. The van der Waals surface area contributed by atoms with Gasteiger partial charge in [-0.15, -0.1) is 0 Å². The molecule has 0 bridgehead atoms. The highest BCUT2D eigenvalue weighted by atomic mass is 16.6.